The fourth-order valence-electron chi connectivity index (χ4n) is 5.29. The monoisotopic (exact) mass is 956 g/mol. The Bertz CT molecular complexity index is 2120. The fraction of sp³-hybridized carbons (Fsp3) is 0.300. The van der Waals surface area contributed by atoms with E-state index in [4.69, 9.17) is 18.9 Å². The highest BCUT2D eigenvalue weighted by atomic mass is 33.1. The van der Waals surface area contributed by atoms with Gasteiger partial charge in [0, 0.05) is 23.0 Å². The summed E-state index contributed by atoms with van der Waals surface area (Å²) in [4.78, 5) is 62.2. The molecule has 0 unspecified atom stereocenters. The molecule has 0 saturated carbocycles. The van der Waals surface area contributed by atoms with Crippen molar-refractivity contribution in [3.8, 4) is 23.0 Å². The molecule has 0 fully saturated rings. The van der Waals surface area contributed by atoms with Crippen molar-refractivity contribution < 1.29 is 79.0 Å². The quantitative estimate of drug-likeness (QED) is 0.206. The lowest BCUT2D eigenvalue weighted by atomic mass is 10.1. The minimum atomic E-state index is -1.48. The zero-order chi connectivity index (χ0) is 46.2. The van der Waals surface area contributed by atoms with Crippen LogP contribution >= 0.6 is 43.2 Å². The van der Waals surface area contributed by atoms with Crippen LogP contribution in [0.2, 0.25) is 0 Å². The topological polar surface area (TPSA) is 328 Å². The summed E-state index contributed by atoms with van der Waals surface area (Å²) >= 11 is 0. The minimum absolute atomic E-state index is 0.218. The first kappa shape index (κ1) is 48.8. The molecule has 4 N–H and O–H groups in total. The second-order valence-corrected chi connectivity index (χ2v) is 18.2. The minimum Gasteiger partial charge on any atom is -0.860 e. The molecule has 24 heteroatoms. The Balaban J connectivity index is 1.31. The highest BCUT2D eigenvalue weighted by Crippen LogP contribution is 2.29. The summed E-state index contributed by atoms with van der Waals surface area (Å²) < 4.78 is 22.1. The van der Waals surface area contributed by atoms with Gasteiger partial charge in [-0.05, 0) is 93.7 Å². The van der Waals surface area contributed by atoms with Gasteiger partial charge >= 0.3 is 23.9 Å². The van der Waals surface area contributed by atoms with Gasteiger partial charge in [0.2, 0.25) is 0 Å². The molecular formula is C40H36N4O16S4-4. The Morgan fingerprint density at radius 1 is 0.406 bits per heavy atom. The number of aliphatic imine (C=N–C) groups is 4. The van der Waals surface area contributed by atoms with E-state index >= 15 is 0 Å². The summed E-state index contributed by atoms with van der Waals surface area (Å²) in [5, 5.41) is 91.4. The predicted molar refractivity (Wildman–Crippen MR) is 235 cm³/mol. The molecule has 4 aromatic carbocycles. The number of benzene rings is 4. The first-order valence-corrected chi connectivity index (χ1v) is 23.5. The van der Waals surface area contributed by atoms with Crippen LogP contribution in [0.15, 0.2) is 92.8 Å². The van der Waals surface area contributed by atoms with Crippen LogP contribution in [0.3, 0.4) is 0 Å². The largest absolute Gasteiger partial charge is 0.860 e. The predicted octanol–water partition coefficient (Wildman–Crippen LogP) is 0.833. The highest BCUT2D eigenvalue weighted by molar-refractivity contribution is 8.77. The molecular weight excluding hydrogens is 921 g/mol. The van der Waals surface area contributed by atoms with E-state index in [2.05, 4.69) is 20.0 Å². The number of hydrogen-bond acceptors (Lipinski definition) is 20. The van der Waals surface area contributed by atoms with Gasteiger partial charge in [-0.15, -0.1) is 0 Å². The molecule has 0 radical (unpaired) electrons. The molecule has 4 aromatic rings. The molecule has 0 spiro atoms. The van der Waals surface area contributed by atoms with Crippen LogP contribution in [-0.2, 0) is 19.2 Å². The molecule has 8 aliphatic rings. The first-order chi connectivity index (χ1) is 30.6. The maximum Gasteiger partial charge on any atom is 0.329 e. The van der Waals surface area contributed by atoms with E-state index in [1.807, 2.05) is 0 Å². The number of carbonyl (C=O) groups is 4. The molecule has 20 nitrogen and oxygen atoms in total. The van der Waals surface area contributed by atoms with Crippen LogP contribution in [0, 0.1) is 0 Å². The number of rotatable bonds is 4. The zero-order valence-electron chi connectivity index (χ0n) is 33.0. The van der Waals surface area contributed by atoms with Crippen molar-refractivity contribution in [1.29, 1.82) is 0 Å². The van der Waals surface area contributed by atoms with Crippen LogP contribution in [0.5, 0.6) is 23.0 Å². The van der Waals surface area contributed by atoms with Crippen molar-refractivity contribution in [2.45, 2.75) is 24.2 Å². The molecule has 64 heavy (non-hydrogen) atoms. The third-order valence-corrected chi connectivity index (χ3v) is 13.2. The summed E-state index contributed by atoms with van der Waals surface area (Å²) in [6.45, 7) is -2.36. The number of hydrogen-bond donors (Lipinski definition) is 4. The van der Waals surface area contributed by atoms with Gasteiger partial charge < -0.3 is 59.8 Å². The van der Waals surface area contributed by atoms with Crippen molar-refractivity contribution in [3.05, 3.63) is 72.8 Å². The Hall–Kier alpha value is -6.24. The maximum atomic E-state index is 12.6. The van der Waals surface area contributed by atoms with Crippen molar-refractivity contribution in [1.82, 2.24) is 0 Å². The number of carboxylic acids is 4. The molecule has 12 rings (SSSR count). The smallest absolute Gasteiger partial charge is 0.329 e. The molecule has 8 heterocycles. The van der Waals surface area contributed by atoms with Gasteiger partial charge in [-0.25, -0.2) is 19.2 Å². The average molecular weight is 957 g/mol. The highest BCUT2D eigenvalue weighted by Gasteiger charge is 2.21. The molecule has 0 amide bonds. The van der Waals surface area contributed by atoms with E-state index in [-0.39, 0.29) is 46.0 Å². The second kappa shape index (κ2) is 24.0. The Labute approximate surface area is 378 Å². The molecule has 0 aliphatic carbocycles. The maximum absolute atomic E-state index is 12.6. The van der Waals surface area contributed by atoms with Crippen LogP contribution in [0.4, 0.5) is 0 Å². The van der Waals surface area contributed by atoms with Gasteiger partial charge in [0.05, 0.1) is 0 Å². The number of carboxylic acid groups (broad SMARTS) is 4. The normalized spacial score (nSPS) is 20.8. The van der Waals surface area contributed by atoms with E-state index in [1.165, 1.54) is 24.3 Å². The lowest BCUT2D eigenvalue weighted by Crippen LogP contribution is -2.32. The van der Waals surface area contributed by atoms with E-state index in [9.17, 15) is 60.0 Å². The number of nitrogens with zero attached hydrogens (tertiary/aromatic N) is 4. The van der Waals surface area contributed by atoms with E-state index in [0.29, 0.717) is 21.5 Å². The average Bonchev–Trinajstić information content (AvgIpc) is 3.26. The van der Waals surface area contributed by atoms with Crippen molar-refractivity contribution >= 4 is 112 Å². The SMILES string of the molecule is O=C(O)[C@@H]1CSSC[C@@H](C(=O)O)N=C([O-])COc2ccc3cc(ccc3c2)OCC([O-])=N[C@H](C(=O)O)CSSC[C@@H](C(=O)O)N=C([O-])COc2ccc3cc(ccc3c2)OCC([O-])=N1. The van der Waals surface area contributed by atoms with Gasteiger partial charge in [-0.1, -0.05) is 67.4 Å². The number of aliphatic carboxylic acids is 4. The van der Waals surface area contributed by atoms with Crippen molar-refractivity contribution in [3.63, 3.8) is 0 Å². The van der Waals surface area contributed by atoms with Gasteiger partial charge in [-0.2, -0.15) is 0 Å². The summed E-state index contributed by atoms with van der Waals surface area (Å²) in [5.74, 6) is -8.91. The Morgan fingerprint density at radius 3 is 0.797 bits per heavy atom. The van der Waals surface area contributed by atoms with Gasteiger partial charge in [0.1, 0.15) is 49.4 Å². The zero-order valence-corrected chi connectivity index (χ0v) is 36.3. The number of ether oxygens (including phenoxy) is 4. The Kier molecular flexibility index (Phi) is 18.3. The third kappa shape index (κ3) is 15.5. The lowest BCUT2D eigenvalue weighted by Gasteiger charge is -2.17. The van der Waals surface area contributed by atoms with Crippen LogP contribution in [0.1, 0.15) is 0 Å². The van der Waals surface area contributed by atoms with Gasteiger partial charge in [0.25, 0.3) is 0 Å². The summed E-state index contributed by atoms with van der Waals surface area (Å²) in [7, 11) is 3.70. The first-order valence-electron chi connectivity index (χ1n) is 18.6. The fourth-order valence-corrected chi connectivity index (χ4v) is 9.76. The molecule has 8 bridgehead atoms. The summed E-state index contributed by atoms with van der Waals surface area (Å²) in [6.07, 6.45) is 0. The van der Waals surface area contributed by atoms with E-state index in [1.54, 1.807) is 48.5 Å². The van der Waals surface area contributed by atoms with Crippen LogP contribution in [0.25, 0.3) is 21.5 Å². The van der Waals surface area contributed by atoms with E-state index in [0.717, 1.165) is 43.2 Å². The summed E-state index contributed by atoms with van der Waals surface area (Å²) in [6, 6.07) is 13.1. The second-order valence-electron chi connectivity index (χ2n) is 13.1. The van der Waals surface area contributed by atoms with Crippen molar-refractivity contribution in [2.24, 2.45) is 20.0 Å². The lowest BCUT2D eigenvalue weighted by molar-refractivity contribution is -0.222. The van der Waals surface area contributed by atoms with Gasteiger partial charge in [0.15, 0.2) is 24.2 Å². The molecule has 0 aromatic heterocycles. The Morgan fingerprint density at radius 2 is 0.609 bits per heavy atom. The molecule has 8 aliphatic heterocycles. The van der Waals surface area contributed by atoms with Crippen LogP contribution < -0.4 is 39.4 Å². The van der Waals surface area contributed by atoms with Crippen LogP contribution in [-0.4, -0.2) is 142 Å². The summed E-state index contributed by atoms with van der Waals surface area (Å²) in [5.41, 5.74) is 0. The van der Waals surface area contributed by atoms with Crippen molar-refractivity contribution in [2.75, 3.05) is 49.4 Å². The van der Waals surface area contributed by atoms with Gasteiger partial charge in [-0.3, -0.25) is 20.0 Å². The molecule has 0 saturated heterocycles. The van der Waals surface area contributed by atoms with E-state index < -0.39 is 98.1 Å². The molecule has 4 atom stereocenters. The third-order valence-electron chi connectivity index (χ3n) is 8.43. The molecule has 340 valence electrons. The standard InChI is InChI=1S/C40H40N4O16S4/c45-33-13-57-25-5-1-21-9-26(6-2-22(21)10-25)58-14-34(46)42-30(38(51)52)18-62-64-20-32(40(55)56)44-36(48)16-60-28-8-4-23-11-27(7-3-24(23)12-28)59-15-35(47)43-31(39(53)54)19-63-61-17-29(41-33)37(49)50/h1-12,29-32H,13-20H2,(H,41,45)(H,42,46)(H,43,47)(H,44,48)(H,49,50)(H,51,52)(H,53,54)(H,55,56)/p-4/t29-,30-,31-,32-/m0/s1.